The van der Waals surface area contributed by atoms with Crippen molar-refractivity contribution < 1.29 is 39.1 Å². The minimum absolute atomic E-state index is 0. The first-order valence-electron chi connectivity index (χ1n) is 5.99. The Kier molecular flexibility index (Phi) is 9.52. The van der Waals surface area contributed by atoms with Crippen LogP contribution >= 0.6 is 0 Å². The molecule has 0 amide bonds. The van der Waals surface area contributed by atoms with E-state index < -0.39 is 0 Å². The van der Waals surface area contributed by atoms with Crippen LogP contribution in [-0.4, -0.2) is 5.97 Å². The van der Waals surface area contributed by atoms with Crippen LogP contribution in [0.2, 0.25) is 0 Å². The van der Waals surface area contributed by atoms with E-state index in [2.05, 4.69) is 6.92 Å². The van der Waals surface area contributed by atoms with E-state index in [9.17, 15) is 4.79 Å². The van der Waals surface area contributed by atoms with Crippen molar-refractivity contribution in [3.8, 4) is 5.75 Å². The largest absolute Gasteiger partial charge is 1.00 e. The summed E-state index contributed by atoms with van der Waals surface area (Å²) < 4.78 is 4.97. The molecule has 0 aliphatic carbocycles. The fourth-order valence-corrected chi connectivity index (χ4v) is 1.65. The quantitative estimate of drug-likeness (QED) is 0.319. The summed E-state index contributed by atoms with van der Waals surface area (Å²) in [7, 11) is 0. The molecule has 88 valence electrons. The number of hydrogen-bond acceptors (Lipinski definition) is 2. The third-order valence-corrected chi connectivity index (χ3v) is 2.50. The topological polar surface area (TPSA) is 26.3 Å². The molecule has 0 radical (unpaired) electrons. The van der Waals surface area contributed by atoms with Crippen LogP contribution in [0.25, 0.3) is 0 Å². The summed E-state index contributed by atoms with van der Waals surface area (Å²) in [5, 5.41) is 0. The molecule has 0 aliphatic rings. The molecule has 0 aromatic heterocycles. The molecule has 0 heterocycles. The summed E-state index contributed by atoms with van der Waals surface area (Å²) in [6.07, 6.45) is 6.22. The van der Waals surface area contributed by atoms with Gasteiger partial charge >= 0.3 is 35.5 Å². The molecule has 1 aromatic carbocycles. The maximum Gasteiger partial charge on any atom is 1.00 e. The fourth-order valence-electron chi connectivity index (χ4n) is 1.65. The normalized spacial score (nSPS) is 9.53. The maximum absolute atomic E-state index is 10.7. The molecule has 1 aromatic rings. The Morgan fingerprint density at radius 2 is 1.76 bits per heavy atom. The van der Waals surface area contributed by atoms with Crippen molar-refractivity contribution in [2.75, 3.05) is 0 Å². The fraction of sp³-hybridized carbons (Fsp3) is 0.500. The standard InChI is InChI=1S/C14H20O2.Na/c1-3-4-5-6-7-13-8-10-14(11-9-13)16-12(2)15;/h8-11H,3-7H2,1-2H3;/q;+1. The van der Waals surface area contributed by atoms with Gasteiger partial charge in [-0.3, -0.25) is 4.79 Å². The van der Waals surface area contributed by atoms with Crippen molar-refractivity contribution in [3.05, 3.63) is 29.8 Å². The third-order valence-electron chi connectivity index (χ3n) is 2.50. The van der Waals surface area contributed by atoms with Crippen LogP contribution in [0, 0.1) is 0 Å². The first-order valence-corrected chi connectivity index (χ1v) is 5.99. The average molecular weight is 243 g/mol. The molecular formula is C14H20NaO2+. The van der Waals surface area contributed by atoms with Gasteiger partial charge in [-0.1, -0.05) is 38.3 Å². The average Bonchev–Trinajstić information content (AvgIpc) is 2.26. The van der Waals surface area contributed by atoms with E-state index >= 15 is 0 Å². The smallest absolute Gasteiger partial charge is 0.427 e. The first-order chi connectivity index (χ1) is 7.72. The van der Waals surface area contributed by atoms with Crippen LogP contribution in [0.1, 0.15) is 45.1 Å². The summed E-state index contributed by atoms with van der Waals surface area (Å²) in [5.41, 5.74) is 1.31. The van der Waals surface area contributed by atoms with Gasteiger partial charge in [0.1, 0.15) is 5.75 Å². The Balaban J connectivity index is 0.00000256. The zero-order valence-corrected chi connectivity index (χ0v) is 13.2. The number of rotatable bonds is 6. The number of aryl methyl sites for hydroxylation is 1. The molecule has 0 fully saturated rings. The van der Waals surface area contributed by atoms with Crippen molar-refractivity contribution >= 4 is 5.97 Å². The monoisotopic (exact) mass is 243 g/mol. The summed E-state index contributed by atoms with van der Waals surface area (Å²) in [5.74, 6) is 0.362. The van der Waals surface area contributed by atoms with Gasteiger partial charge in [0.25, 0.3) is 0 Å². The number of benzene rings is 1. The molecule has 1 rings (SSSR count). The van der Waals surface area contributed by atoms with Gasteiger partial charge in [0.15, 0.2) is 0 Å². The van der Waals surface area contributed by atoms with Crippen LogP contribution < -0.4 is 34.3 Å². The van der Waals surface area contributed by atoms with Crippen LogP contribution in [-0.2, 0) is 11.2 Å². The number of hydrogen-bond donors (Lipinski definition) is 0. The molecule has 0 saturated heterocycles. The first kappa shape index (κ1) is 16.7. The van der Waals surface area contributed by atoms with Gasteiger partial charge in [0, 0.05) is 6.92 Å². The third kappa shape index (κ3) is 7.58. The van der Waals surface area contributed by atoms with E-state index in [1.807, 2.05) is 24.3 Å². The predicted molar refractivity (Wildman–Crippen MR) is 65.6 cm³/mol. The number of carbonyl (C=O) groups excluding carboxylic acids is 1. The molecule has 0 bridgehead atoms. The van der Waals surface area contributed by atoms with Crippen molar-refractivity contribution in [2.45, 2.75) is 46.0 Å². The molecular weight excluding hydrogens is 223 g/mol. The number of esters is 1. The van der Waals surface area contributed by atoms with Crippen molar-refractivity contribution in [1.82, 2.24) is 0 Å². The zero-order chi connectivity index (χ0) is 11.8. The van der Waals surface area contributed by atoms with Crippen LogP contribution in [0.5, 0.6) is 5.75 Å². The molecule has 0 atom stereocenters. The maximum atomic E-state index is 10.7. The number of carbonyl (C=O) groups is 1. The van der Waals surface area contributed by atoms with Crippen LogP contribution in [0.3, 0.4) is 0 Å². The van der Waals surface area contributed by atoms with Crippen LogP contribution in [0.4, 0.5) is 0 Å². The minimum Gasteiger partial charge on any atom is -0.427 e. The Bertz CT molecular complexity index is 319. The number of unbranched alkanes of at least 4 members (excludes halogenated alkanes) is 3. The molecule has 0 aliphatic heterocycles. The molecule has 3 heteroatoms. The van der Waals surface area contributed by atoms with Gasteiger partial charge in [0.2, 0.25) is 0 Å². The summed E-state index contributed by atoms with van der Waals surface area (Å²) >= 11 is 0. The molecule has 0 spiro atoms. The Hall–Kier alpha value is -0.310. The molecule has 2 nitrogen and oxygen atoms in total. The van der Waals surface area contributed by atoms with E-state index in [0.717, 1.165) is 6.42 Å². The summed E-state index contributed by atoms with van der Waals surface area (Å²) in [6, 6.07) is 7.78. The van der Waals surface area contributed by atoms with E-state index in [0.29, 0.717) is 5.75 Å². The minimum atomic E-state index is -0.268. The Morgan fingerprint density at radius 1 is 1.12 bits per heavy atom. The molecule has 0 N–H and O–H groups in total. The summed E-state index contributed by atoms with van der Waals surface area (Å²) in [4.78, 5) is 10.7. The second kappa shape index (κ2) is 9.69. The van der Waals surface area contributed by atoms with Gasteiger partial charge in [-0.15, -0.1) is 0 Å². The van der Waals surface area contributed by atoms with E-state index in [1.165, 1.54) is 38.2 Å². The van der Waals surface area contributed by atoms with Gasteiger partial charge in [-0.2, -0.15) is 0 Å². The van der Waals surface area contributed by atoms with Gasteiger partial charge in [-0.05, 0) is 30.5 Å². The van der Waals surface area contributed by atoms with E-state index in [1.54, 1.807) is 0 Å². The van der Waals surface area contributed by atoms with Gasteiger partial charge in [0.05, 0.1) is 0 Å². The van der Waals surface area contributed by atoms with E-state index in [-0.39, 0.29) is 35.5 Å². The predicted octanol–water partition coefficient (Wildman–Crippen LogP) is 0.739. The molecule has 17 heavy (non-hydrogen) atoms. The summed E-state index contributed by atoms with van der Waals surface area (Å²) in [6.45, 7) is 3.63. The van der Waals surface area contributed by atoms with Crippen molar-refractivity contribution in [2.24, 2.45) is 0 Å². The van der Waals surface area contributed by atoms with Crippen molar-refractivity contribution in [1.29, 1.82) is 0 Å². The Labute approximate surface area is 126 Å². The molecule has 0 unspecified atom stereocenters. The zero-order valence-electron chi connectivity index (χ0n) is 11.2. The van der Waals surface area contributed by atoms with Gasteiger partial charge < -0.3 is 4.74 Å². The molecule has 0 saturated carbocycles. The second-order valence-corrected chi connectivity index (χ2v) is 4.05. The SMILES string of the molecule is CCCCCCc1ccc(OC(C)=O)cc1.[Na+]. The van der Waals surface area contributed by atoms with Gasteiger partial charge in [-0.25, -0.2) is 0 Å². The second-order valence-electron chi connectivity index (χ2n) is 4.05. The Morgan fingerprint density at radius 3 is 2.29 bits per heavy atom. The van der Waals surface area contributed by atoms with E-state index in [4.69, 9.17) is 4.74 Å². The number of ether oxygens (including phenoxy) is 1. The van der Waals surface area contributed by atoms with Crippen LogP contribution in [0.15, 0.2) is 24.3 Å². The van der Waals surface area contributed by atoms with Crippen molar-refractivity contribution in [3.63, 3.8) is 0 Å².